The number of amides is 2. The van der Waals surface area contributed by atoms with Gasteiger partial charge >= 0.3 is 0 Å². The smallest absolute Gasteiger partial charge is 0.282 e. The number of non-ortho nitro benzene ring substituents is 1. The number of nitro benzene ring substituents is 1. The molecule has 1 atom stereocenters. The van der Waals surface area contributed by atoms with Crippen LogP contribution in [-0.4, -0.2) is 34.7 Å². The summed E-state index contributed by atoms with van der Waals surface area (Å²) in [5.41, 5.74) is 2.56. The summed E-state index contributed by atoms with van der Waals surface area (Å²) in [5.74, 6) is -0.312. The van der Waals surface area contributed by atoms with Crippen LogP contribution in [0.15, 0.2) is 54.2 Å². The van der Waals surface area contributed by atoms with E-state index in [9.17, 15) is 19.7 Å². The molecule has 1 unspecified atom stereocenters. The minimum atomic E-state index is -0.480. The lowest BCUT2D eigenvalue weighted by Gasteiger charge is -2.33. The number of hydrogen-bond donors (Lipinski definition) is 0. The van der Waals surface area contributed by atoms with E-state index in [-0.39, 0.29) is 11.6 Å². The lowest BCUT2D eigenvalue weighted by Crippen LogP contribution is -2.39. The van der Waals surface area contributed by atoms with E-state index in [1.54, 1.807) is 24.3 Å². The monoisotopic (exact) mass is 405 g/mol. The highest BCUT2D eigenvalue weighted by molar-refractivity contribution is 6.45. The van der Waals surface area contributed by atoms with E-state index >= 15 is 0 Å². The Hall–Kier alpha value is -3.48. The average molecular weight is 405 g/mol. The molecule has 0 radical (unpaired) electrons. The molecule has 2 aliphatic heterocycles. The van der Waals surface area contributed by atoms with Gasteiger partial charge in [0.15, 0.2) is 0 Å². The first-order valence-corrected chi connectivity index (χ1v) is 10.1. The van der Waals surface area contributed by atoms with Crippen LogP contribution in [0.4, 0.5) is 11.4 Å². The summed E-state index contributed by atoms with van der Waals surface area (Å²) in [6.45, 7) is 5.41. The number of likely N-dealkylation sites (tertiary alicyclic amines) is 1. The lowest BCUT2D eigenvalue weighted by atomic mass is 9.97. The Morgan fingerprint density at radius 2 is 1.73 bits per heavy atom. The molecule has 0 spiro atoms. The minimum absolute atomic E-state index is 0.0555. The maximum absolute atomic E-state index is 13.5. The molecule has 2 aliphatic rings. The number of carbonyl (C=O) groups is 2. The summed E-state index contributed by atoms with van der Waals surface area (Å²) in [6.07, 6.45) is 2.03. The fraction of sp³-hybridized carbons (Fsp3) is 0.304. The first kappa shape index (κ1) is 19.8. The van der Waals surface area contributed by atoms with Gasteiger partial charge in [-0.25, -0.2) is 4.90 Å². The number of imide groups is 1. The topological polar surface area (TPSA) is 83.8 Å². The molecule has 0 bridgehead atoms. The molecule has 2 amide bonds. The van der Waals surface area contributed by atoms with Crippen LogP contribution in [0.2, 0.25) is 0 Å². The lowest BCUT2D eigenvalue weighted by molar-refractivity contribution is -0.384. The number of carbonyl (C=O) groups excluding carboxylic acids is 2. The quantitative estimate of drug-likeness (QED) is 0.437. The van der Waals surface area contributed by atoms with Gasteiger partial charge in [0.2, 0.25) is 0 Å². The highest BCUT2D eigenvalue weighted by atomic mass is 16.6. The summed E-state index contributed by atoms with van der Waals surface area (Å²) < 4.78 is 0. The molecular formula is C23H23N3O4. The van der Waals surface area contributed by atoms with Crippen LogP contribution in [0.25, 0.3) is 5.57 Å². The Balaban J connectivity index is 1.84. The highest BCUT2D eigenvalue weighted by Crippen LogP contribution is 2.37. The van der Waals surface area contributed by atoms with Crippen molar-refractivity contribution in [2.75, 3.05) is 18.0 Å². The van der Waals surface area contributed by atoms with Crippen molar-refractivity contribution in [3.63, 3.8) is 0 Å². The second-order valence-corrected chi connectivity index (χ2v) is 7.95. The van der Waals surface area contributed by atoms with Gasteiger partial charge in [-0.15, -0.1) is 0 Å². The maximum Gasteiger partial charge on any atom is 0.282 e. The summed E-state index contributed by atoms with van der Waals surface area (Å²) >= 11 is 0. The fourth-order valence-corrected chi connectivity index (χ4v) is 4.25. The average Bonchev–Trinajstić information content (AvgIpc) is 2.99. The minimum Gasteiger partial charge on any atom is -0.366 e. The van der Waals surface area contributed by atoms with Crippen molar-refractivity contribution >= 4 is 28.8 Å². The van der Waals surface area contributed by atoms with Gasteiger partial charge in [0, 0.05) is 25.2 Å². The molecule has 0 N–H and O–H groups in total. The second-order valence-electron chi connectivity index (χ2n) is 7.95. The molecule has 7 heteroatoms. The zero-order chi connectivity index (χ0) is 21.4. The molecule has 4 rings (SSSR count). The van der Waals surface area contributed by atoms with E-state index in [2.05, 4.69) is 6.92 Å². The Bertz CT molecular complexity index is 1060. The standard InChI is InChI=1S/C23H23N3O4/c1-15-6-5-13-24(14-15)21-20(17-9-11-18(12-10-17)26(29)30)22(27)25(23(21)28)19-8-4-3-7-16(19)2/h3-4,7-12,15H,5-6,13-14H2,1-2H3. The summed E-state index contributed by atoms with van der Waals surface area (Å²) in [6, 6.07) is 13.1. The van der Waals surface area contributed by atoms with Gasteiger partial charge < -0.3 is 4.90 Å². The zero-order valence-corrected chi connectivity index (χ0v) is 17.0. The third-order valence-corrected chi connectivity index (χ3v) is 5.76. The van der Waals surface area contributed by atoms with E-state index in [1.807, 2.05) is 24.0 Å². The zero-order valence-electron chi connectivity index (χ0n) is 17.0. The van der Waals surface area contributed by atoms with Crippen molar-refractivity contribution < 1.29 is 14.5 Å². The number of nitro groups is 1. The van der Waals surface area contributed by atoms with Gasteiger partial charge in [-0.2, -0.15) is 0 Å². The number of aryl methyl sites for hydroxylation is 1. The molecular weight excluding hydrogens is 382 g/mol. The Morgan fingerprint density at radius 1 is 1.03 bits per heavy atom. The summed E-state index contributed by atoms with van der Waals surface area (Å²) in [4.78, 5) is 40.8. The number of benzene rings is 2. The SMILES string of the molecule is Cc1ccccc1N1C(=O)C(c2ccc([N+](=O)[O-])cc2)=C(N2CCCC(C)C2)C1=O. The van der Waals surface area contributed by atoms with Crippen LogP contribution in [0, 0.1) is 23.0 Å². The number of nitrogens with zero attached hydrogens (tertiary/aromatic N) is 3. The van der Waals surface area contributed by atoms with Crippen molar-refractivity contribution in [2.45, 2.75) is 26.7 Å². The van der Waals surface area contributed by atoms with Gasteiger partial charge in [-0.3, -0.25) is 19.7 Å². The largest absolute Gasteiger partial charge is 0.366 e. The maximum atomic E-state index is 13.5. The Labute approximate surface area is 174 Å². The first-order chi connectivity index (χ1) is 14.4. The van der Waals surface area contributed by atoms with Crippen LogP contribution in [0.1, 0.15) is 30.9 Å². The number of piperidine rings is 1. The van der Waals surface area contributed by atoms with Gasteiger partial charge in [0.25, 0.3) is 17.5 Å². The van der Waals surface area contributed by atoms with E-state index in [0.29, 0.717) is 41.5 Å². The normalized spacial score (nSPS) is 19.6. The van der Waals surface area contributed by atoms with Crippen LogP contribution in [0.5, 0.6) is 0 Å². The second kappa shape index (κ2) is 7.74. The number of anilines is 1. The highest BCUT2D eigenvalue weighted by Gasteiger charge is 2.43. The molecule has 30 heavy (non-hydrogen) atoms. The summed E-state index contributed by atoms with van der Waals surface area (Å²) in [7, 11) is 0. The molecule has 7 nitrogen and oxygen atoms in total. The van der Waals surface area contributed by atoms with Gasteiger partial charge in [-0.05, 0) is 55.0 Å². The van der Waals surface area contributed by atoms with E-state index in [0.717, 1.165) is 18.4 Å². The molecule has 154 valence electrons. The third-order valence-electron chi connectivity index (χ3n) is 5.76. The molecule has 2 aromatic carbocycles. The number of rotatable bonds is 4. The van der Waals surface area contributed by atoms with Crippen molar-refractivity contribution in [3.05, 3.63) is 75.5 Å². The van der Waals surface area contributed by atoms with Crippen LogP contribution in [0.3, 0.4) is 0 Å². The number of hydrogen-bond acceptors (Lipinski definition) is 5. The van der Waals surface area contributed by atoms with Crippen LogP contribution < -0.4 is 4.90 Å². The van der Waals surface area contributed by atoms with E-state index in [4.69, 9.17) is 0 Å². The third kappa shape index (κ3) is 3.36. The van der Waals surface area contributed by atoms with E-state index in [1.165, 1.54) is 17.0 Å². The summed E-state index contributed by atoms with van der Waals surface area (Å²) in [5, 5.41) is 11.0. The predicted octanol–water partition coefficient (Wildman–Crippen LogP) is 3.92. The van der Waals surface area contributed by atoms with Crippen molar-refractivity contribution in [1.29, 1.82) is 0 Å². The van der Waals surface area contributed by atoms with Gasteiger partial charge in [0.05, 0.1) is 16.2 Å². The Kier molecular flexibility index (Phi) is 5.11. The number of para-hydroxylation sites is 1. The Morgan fingerprint density at radius 3 is 2.37 bits per heavy atom. The molecule has 1 saturated heterocycles. The molecule has 0 aliphatic carbocycles. The molecule has 0 saturated carbocycles. The van der Waals surface area contributed by atoms with Crippen molar-refractivity contribution in [3.8, 4) is 0 Å². The molecule has 1 fully saturated rings. The van der Waals surface area contributed by atoms with Crippen LogP contribution >= 0.6 is 0 Å². The first-order valence-electron chi connectivity index (χ1n) is 10.1. The molecule has 2 aromatic rings. The van der Waals surface area contributed by atoms with Gasteiger partial charge in [0.1, 0.15) is 5.70 Å². The predicted molar refractivity (Wildman–Crippen MR) is 114 cm³/mol. The van der Waals surface area contributed by atoms with Crippen molar-refractivity contribution in [2.24, 2.45) is 5.92 Å². The van der Waals surface area contributed by atoms with Crippen molar-refractivity contribution in [1.82, 2.24) is 4.90 Å². The van der Waals surface area contributed by atoms with E-state index < -0.39 is 10.8 Å². The van der Waals surface area contributed by atoms with Gasteiger partial charge in [-0.1, -0.05) is 25.1 Å². The van der Waals surface area contributed by atoms with Crippen LogP contribution in [-0.2, 0) is 9.59 Å². The fourth-order valence-electron chi connectivity index (χ4n) is 4.25. The molecule has 2 heterocycles. The molecule has 0 aromatic heterocycles.